The van der Waals surface area contributed by atoms with Gasteiger partial charge in [0.25, 0.3) is 0 Å². The molecule has 0 heterocycles. The molecule has 3 rings (SSSR count). The SMILES string of the molecule is CC(C)(C)[PH+](C(C)(C)C)C(C)(C)C.Fc1c(F)c(F)c([BH-](c2c(F)c(F)c(F)c(F)c2F)C2CCCCC2)c(F)c1F. The molecule has 1 saturated carbocycles. The maximum atomic E-state index is 14.4. The molecule has 0 saturated heterocycles. The minimum Gasteiger partial charge on any atom is -0.207 e. The van der Waals surface area contributed by atoms with E-state index in [9.17, 15) is 43.9 Å². The van der Waals surface area contributed by atoms with Crippen molar-refractivity contribution in [2.45, 2.75) is 116 Å². The Labute approximate surface area is 243 Å². The van der Waals surface area contributed by atoms with E-state index in [1.165, 1.54) is 0 Å². The molecular weight excluding hydrogens is 592 g/mol. The number of halogens is 10. The van der Waals surface area contributed by atoms with E-state index in [1.807, 2.05) is 0 Å². The first-order chi connectivity index (χ1) is 19.0. The van der Waals surface area contributed by atoms with Crippen molar-refractivity contribution in [2.24, 2.45) is 0 Å². The van der Waals surface area contributed by atoms with Gasteiger partial charge in [-0.25, -0.2) is 43.9 Å². The van der Waals surface area contributed by atoms with Gasteiger partial charge in [-0.3, -0.25) is 0 Å². The molecule has 2 aromatic carbocycles. The van der Waals surface area contributed by atoms with E-state index in [0.717, 1.165) is 0 Å². The minimum absolute atomic E-state index is 0.0684. The average Bonchev–Trinajstić information content (AvgIpc) is 2.85. The van der Waals surface area contributed by atoms with Crippen molar-refractivity contribution in [3.8, 4) is 0 Å². The van der Waals surface area contributed by atoms with Crippen LogP contribution in [0.3, 0.4) is 0 Å². The fourth-order valence-corrected chi connectivity index (χ4v) is 14.4. The molecule has 1 aliphatic carbocycles. The first-order valence-electron chi connectivity index (χ1n) is 14.1. The van der Waals surface area contributed by atoms with Gasteiger partial charge in [-0.15, -0.1) is 10.9 Å². The van der Waals surface area contributed by atoms with E-state index in [-0.39, 0.29) is 12.8 Å². The largest absolute Gasteiger partial charge is 0.207 e. The molecule has 42 heavy (non-hydrogen) atoms. The smallest absolute Gasteiger partial charge is 0.200 e. The molecule has 0 aliphatic heterocycles. The molecule has 12 heteroatoms. The highest BCUT2D eigenvalue weighted by Gasteiger charge is 2.49. The van der Waals surface area contributed by atoms with Crippen LogP contribution >= 0.6 is 7.92 Å². The van der Waals surface area contributed by atoms with Gasteiger partial charge in [-0.2, -0.15) is 5.82 Å². The Kier molecular flexibility index (Phi) is 11.3. The number of hydrogen-bond donors (Lipinski definition) is 0. The lowest BCUT2D eigenvalue weighted by Crippen LogP contribution is -2.54. The van der Waals surface area contributed by atoms with Gasteiger partial charge in [0, 0.05) is 7.92 Å². The van der Waals surface area contributed by atoms with Crippen LogP contribution < -0.4 is 10.9 Å². The van der Waals surface area contributed by atoms with E-state index in [4.69, 9.17) is 0 Å². The summed E-state index contributed by atoms with van der Waals surface area (Å²) in [6, 6.07) is 0. The second-order valence-electron chi connectivity index (χ2n) is 14.3. The van der Waals surface area contributed by atoms with Gasteiger partial charge in [-0.1, -0.05) is 32.1 Å². The van der Waals surface area contributed by atoms with Crippen LogP contribution in [-0.2, 0) is 0 Å². The molecule has 0 unspecified atom stereocenters. The predicted molar refractivity (Wildman–Crippen MR) is 153 cm³/mol. The lowest BCUT2D eigenvalue weighted by atomic mass is 9.31. The Hall–Kier alpha value is -1.77. The van der Waals surface area contributed by atoms with Gasteiger partial charge in [0.1, 0.15) is 23.3 Å². The molecule has 0 aromatic heterocycles. The first kappa shape index (κ1) is 36.4. The quantitative estimate of drug-likeness (QED) is 0.104. The molecular formula is C30H40BF10P. The summed E-state index contributed by atoms with van der Waals surface area (Å²) in [6.07, 6.45) is 1.58. The Bertz CT molecular complexity index is 1120. The van der Waals surface area contributed by atoms with E-state index in [1.54, 1.807) is 0 Å². The van der Waals surface area contributed by atoms with E-state index < -0.39 is 89.5 Å². The highest BCUT2D eigenvalue weighted by molar-refractivity contribution is 7.62. The summed E-state index contributed by atoms with van der Waals surface area (Å²) >= 11 is 0. The van der Waals surface area contributed by atoms with Crippen LogP contribution in [0.5, 0.6) is 0 Å². The van der Waals surface area contributed by atoms with Gasteiger partial charge in [0.05, 0.1) is 22.2 Å². The van der Waals surface area contributed by atoms with Gasteiger partial charge >= 0.3 is 0 Å². The highest BCUT2D eigenvalue weighted by Crippen LogP contribution is 2.66. The fourth-order valence-electron chi connectivity index (χ4n) is 7.69. The van der Waals surface area contributed by atoms with Crippen LogP contribution in [0.15, 0.2) is 0 Å². The highest BCUT2D eigenvalue weighted by atomic mass is 31.1. The Morgan fingerprint density at radius 2 is 0.667 bits per heavy atom. The summed E-state index contributed by atoms with van der Waals surface area (Å²) in [7, 11) is -0.391. The average molecular weight is 632 g/mol. The molecule has 238 valence electrons. The van der Waals surface area contributed by atoms with Crippen molar-refractivity contribution in [3.05, 3.63) is 58.2 Å². The molecule has 0 bridgehead atoms. The van der Waals surface area contributed by atoms with Crippen LogP contribution in [0.1, 0.15) is 94.4 Å². The summed E-state index contributed by atoms with van der Waals surface area (Å²) in [5, 5.41) is 1.46. The molecule has 0 atom stereocenters. The monoisotopic (exact) mass is 632 g/mol. The first-order valence-corrected chi connectivity index (χ1v) is 15.6. The zero-order valence-corrected chi connectivity index (χ0v) is 26.6. The Morgan fingerprint density at radius 3 is 0.881 bits per heavy atom. The lowest BCUT2D eigenvalue weighted by Gasteiger charge is -2.42. The van der Waals surface area contributed by atoms with Crippen molar-refractivity contribution >= 4 is 25.6 Å². The second-order valence-corrected chi connectivity index (χ2v) is 19.6. The molecule has 0 spiro atoms. The van der Waals surface area contributed by atoms with Gasteiger partial charge < -0.3 is 0 Å². The summed E-state index contributed by atoms with van der Waals surface area (Å²) in [4.78, 5) is 0. The van der Waals surface area contributed by atoms with Gasteiger partial charge in [-0.05, 0) is 62.3 Å². The van der Waals surface area contributed by atoms with Gasteiger partial charge in [0.15, 0.2) is 34.9 Å². The van der Waals surface area contributed by atoms with Crippen molar-refractivity contribution in [1.82, 2.24) is 0 Å². The number of benzene rings is 2. The van der Waals surface area contributed by atoms with E-state index >= 15 is 0 Å². The lowest BCUT2D eigenvalue weighted by molar-refractivity contribution is 0.381. The fraction of sp³-hybridized carbons (Fsp3) is 0.600. The molecule has 0 amide bonds. The third-order valence-corrected chi connectivity index (χ3v) is 12.4. The Morgan fingerprint density at radius 1 is 0.429 bits per heavy atom. The van der Waals surface area contributed by atoms with E-state index in [2.05, 4.69) is 62.3 Å². The topological polar surface area (TPSA) is 0 Å². The number of hydrogen-bond acceptors (Lipinski definition) is 0. The standard InChI is InChI=1S/C18H12BF10.C12H27P/c20-9-7(10(21)14(25)17(28)13(9)24)19(6-4-2-1-3-5-6)8-11(22)15(26)18(29)16(27)12(8)23;1-10(2,3)13(11(4,5)6)12(7,8)9/h6,19H,1-5H2;1-9H3/q-1;/p+1. The molecule has 0 N–H and O–H groups in total. The number of rotatable bonds is 3. The minimum atomic E-state index is -3.39. The van der Waals surface area contributed by atoms with E-state index in [0.29, 0.717) is 34.7 Å². The van der Waals surface area contributed by atoms with Crippen LogP contribution in [0.25, 0.3) is 0 Å². The van der Waals surface area contributed by atoms with Crippen LogP contribution in [0.2, 0.25) is 5.82 Å². The van der Waals surface area contributed by atoms with Crippen molar-refractivity contribution in [1.29, 1.82) is 0 Å². The zero-order chi connectivity index (χ0) is 32.7. The molecule has 2 aromatic rings. The molecule has 1 fully saturated rings. The summed E-state index contributed by atoms with van der Waals surface area (Å²) in [6.45, 7) is 18.2. The molecule has 0 radical (unpaired) electrons. The van der Waals surface area contributed by atoms with Crippen LogP contribution in [0, 0.1) is 58.2 Å². The second kappa shape index (κ2) is 13.1. The van der Waals surface area contributed by atoms with Crippen LogP contribution in [-0.4, -0.2) is 22.2 Å². The molecule has 1 aliphatic rings. The third kappa shape index (κ3) is 7.47. The molecule has 0 nitrogen and oxygen atoms in total. The maximum absolute atomic E-state index is 14.4. The van der Waals surface area contributed by atoms with Crippen molar-refractivity contribution in [2.75, 3.05) is 0 Å². The van der Waals surface area contributed by atoms with Crippen LogP contribution in [0.4, 0.5) is 43.9 Å². The maximum Gasteiger partial charge on any atom is 0.200 e. The normalized spacial score (nSPS) is 15.4. The Balaban J connectivity index is 0.000000401. The van der Waals surface area contributed by atoms with Crippen molar-refractivity contribution in [3.63, 3.8) is 0 Å². The summed E-state index contributed by atoms with van der Waals surface area (Å²) in [5.74, 6) is -24.7. The van der Waals surface area contributed by atoms with Crippen molar-refractivity contribution < 1.29 is 43.9 Å². The van der Waals surface area contributed by atoms with Gasteiger partial charge in [0.2, 0.25) is 0 Å². The summed E-state index contributed by atoms with van der Waals surface area (Å²) in [5.41, 5.74) is -3.06. The third-order valence-electron chi connectivity index (χ3n) is 7.92. The zero-order valence-electron chi connectivity index (χ0n) is 25.6. The summed E-state index contributed by atoms with van der Waals surface area (Å²) < 4.78 is 139. The predicted octanol–water partition coefficient (Wildman–Crippen LogP) is 9.35.